The minimum atomic E-state index is -0.841. The molecular weight excluding hydrogens is 544 g/mol. The molecule has 2 aromatic heterocycles. The van der Waals surface area contributed by atoms with Gasteiger partial charge in [-0.25, -0.2) is 18.7 Å². The van der Waals surface area contributed by atoms with Crippen LogP contribution in [0.15, 0.2) is 67.0 Å². The van der Waals surface area contributed by atoms with E-state index in [1.54, 1.807) is 24.3 Å². The van der Waals surface area contributed by atoms with Gasteiger partial charge in [-0.15, -0.1) is 0 Å². The van der Waals surface area contributed by atoms with Crippen LogP contribution in [0.4, 0.5) is 26.0 Å². The van der Waals surface area contributed by atoms with E-state index in [9.17, 15) is 23.7 Å². The number of nitrogens with zero attached hydrogens (tertiary/aromatic N) is 6. The normalized spacial score (nSPS) is 14.0. The molecule has 1 aliphatic heterocycles. The van der Waals surface area contributed by atoms with Crippen molar-refractivity contribution in [1.82, 2.24) is 19.4 Å². The molecule has 1 saturated heterocycles. The van der Waals surface area contributed by atoms with Crippen molar-refractivity contribution < 1.29 is 18.5 Å². The Labute approximate surface area is 239 Å². The number of carbonyl (C=O) groups is 1. The maximum atomic E-state index is 13.6. The Morgan fingerprint density at radius 1 is 1.00 bits per heavy atom. The van der Waals surface area contributed by atoms with Crippen LogP contribution in [0.3, 0.4) is 0 Å². The lowest BCUT2D eigenvalue weighted by atomic mass is 10.1. The van der Waals surface area contributed by atoms with E-state index in [1.807, 2.05) is 17.7 Å². The summed E-state index contributed by atoms with van der Waals surface area (Å²) in [5.41, 5.74) is 3.62. The largest absolute Gasteiger partial charge is 0.352 e. The van der Waals surface area contributed by atoms with Gasteiger partial charge in [-0.3, -0.25) is 19.8 Å². The summed E-state index contributed by atoms with van der Waals surface area (Å²) in [5, 5.41) is 14.6. The number of non-ortho nitro benzene ring substituents is 1. The summed E-state index contributed by atoms with van der Waals surface area (Å²) in [5.74, 6) is -1.30. The van der Waals surface area contributed by atoms with Crippen molar-refractivity contribution in [3.8, 4) is 0 Å². The van der Waals surface area contributed by atoms with Gasteiger partial charge in [0.1, 0.15) is 17.4 Å². The summed E-state index contributed by atoms with van der Waals surface area (Å²) in [7, 11) is 1.91. The number of carbonyl (C=O) groups excluding carboxylic acids is 1. The third-order valence-corrected chi connectivity index (χ3v) is 7.71. The molecule has 3 aromatic carbocycles. The van der Waals surface area contributed by atoms with E-state index in [0.717, 1.165) is 48.1 Å². The zero-order valence-electron chi connectivity index (χ0n) is 22.8. The van der Waals surface area contributed by atoms with Crippen LogP contribution in [-0.4, -0.2) is 63.0 Å². The third-order valence-electron chi connectivity index (χ3n) is 7.71. The lowest BCUT2D eigenvalue weighted by Gasteiger charge is -2.35. The second-order valence-corrected chi connectivity index (χ2v) is 10.2. The fraction of sp³-hybridized carbons (Fsp3) is 0.233. The molecule has 0 unspecified atom stereocenters. The molecule has 0 atom stereocenters. The van der Waals surface area contributed by atoms with Crippen LogP contribution in [0, 0.1) is 21.7 Å². The molecule has 0 spiro atoms. The first-order chi connectivity index (χ1) is 20.3. The Morgan fingerprint density at radius 2 is 1.79 bits per heavy atom. The van der Waals surface area contributed by atoms with Gasteiger partial charge in [0.15, 0.2) is 17.5 Å². The topological polar surface area (TPSA) is 109 Å². The molecule has 42 heavy (non-hydrogen) atoms. The molecule has 6 rings (SSSR count). The Morgan fingerprint density at radius 3 is 2.55 bits per heavy atom. The van der Waals surface area contributed by atoms with Crippen LogP contribution in [-0.2, 0) is 13.5 Å². The summed E-state index contributed by atoms with van der Waals surface area (Å²) in [6.07, 6.45) is 2.13. The summed E-state index contributed by atoms with van der Waals surface area (Å²) in [4.78, 5) is 37.7. The van der Waals surface area contributed by atoms with Gasteiger partial charge < -0.3 is 14.8 Å². The van der Waals surface area contributed by atoms with E-state index in [1.165, 1.54) is 30.6 Å². The van der Waals surface area contributed by atoms with Gasteiger partial charge in [-0.05, 0) is 42.3 Å². The SMILES string of the molecule is Cn1c2cccc(C(=O)Nc3cccc([N+](=O)[O-])c3)c2c2ncnc(N3CCN(CCc4ccc(F)c(F)c4)CC3)c21. The Bertz CT molecular complexity index is 1830. The average Bonchev–Trinajstić information content (AvgIpc) is 3.30. The van der Waals surface area contributed by atoms with Crippen molar-refractivity contribution in [3.63, 3.8) is 0 Å². The standard InChI is InChI=1S/C30H27F2N7O3/c1-36-25-7-3-6-22(30(40)35-20-4-2-5-21(17-20)39(41)42)26(25)27-28(36)29(34-18-33-27)38-14-12-37(13-15-38)11-10-19-8-9-23(31)24(32)16-19/h2-9,16-18H,10-15H2,1H3,(H,35,40). The van der Waals surface area contributed by atoms with E-state index in [4.69, 9.17) is 0 Å². The smallest absolute Gasteiger partial charge is 0.271 e. The van der Waals surface area contributed by atoms with Crippen LogP contribution in [0.1, 0.15) is 15.9 Å². The molecule has 1 aliphatic rings. The van der Waals surface area contributed by atoms with Crippen molar-refractivity contribution >= 4 is 45.0 Å². The monoisotopic (exact) mass is 571 g/mol. The number of amides is 1. The first kappa shape index (κ1) is 27.2. The van der Waals surface area contributed by atoms with E-state index in [2.05, 4.69) is 25.1 Å². The number of nitro groups is 1. The van der Waals surface area contributed by atoms with Crippen LogP contribution in [0.2, 0.25) is 0 Å². The second kappa shape index (κ2) is 11.1. The highest BCUT2D eigenvalue weighted by Crippen LogP contribution is 2.34. The molecule has 10 nitrogen and oxygen atoms in total. The van der Waals surface area contributed by atoms with Crippen LogP contribution in [0.5, 0.6) is 0 Å². The predicted octanol–water partition coefficient (Wildman–Crippen LogP) is 4.92. The summed E-state index contributed by atoms with van der Waals surface area (Å²) >= 11 is 0. The lowest BCUT2D eigenvalue weighted by molar-refractivity contribution is -0.384. The first-order valence-electron chi connectivity index (χ1n) is 13.5. The lowest BCUT2D eigenvalue weighted by Crippen LogP contribution is -2.47. The van der Waals surface area contributed by atoms with E-state index in [-0.39, 0.29) is 5.69 Å². The number of anilines is 2. The summed E-state index contributed by atoms with van der Waals surface area (Å²) < 4.78 is 28.8. The number of hydrogen-bond donors (Lipinski definition) is 1. The molecule has 3 heterocycles. The summed E-state index contributed by atoms with van der Waals surface area (Å²) in [6.45, 7) is 3.71. The highest BCUT2D eigenvalue weighted by molar-refractivity contribution is 6.21. The zero-order chi connectivity index (χ0) is 29.4. The maximum absolute atomic E-state index is 13.6. The quantitative estimate of drug-likeness (QED) is 0.218. The predicted molar refractivity (Wildman–Crippen MR) is 156 cm³/mol. The van der Waals surface area contributed by atoms with Crippen molar-refractivity contribution in [1.29, 1.82) is 0 Å². The van der Waals surface area contributed by atoms with Gasteiger partial charge in [0.05, 0.1) is 16.0 Å². The number of aromatic nitrogens is 3. The van der Waals surface area contributed by atoms with Gasteiger partial charge in [-0.1, -0.05) is 18.2 Å². The fourth-order valence-corrected chi connectivity index (χ4v) is 5.53. The molecule has 1 amide bonds. The van der Waals surface area contributed by atoms with Crippen LogP contribution >= 0.6 is 0 Å². The fourth-order valence-electron chi connectivity index (χ4n) is 5.53. The molecule has 1 N–H and O–H groups in total. The number of benzene rings is 3. The number of nitrogens with one attached hydrogen (secondary N) is 1. The molecule has 0 saturated carbocycles. The van der Waals surface area contributed by atoms with E-state index < -0.39 is 22.5 Å². The number of piperazine rings is 1. The second-order valence-electron chi connectivity index (χ2n) is 10.2. The van der Waals surface area contributed by atoms with Gasteiger partial charge in [-0.2, -0.15) is 0 Å². The van der Waals surface area contributed by atoms with Crippen molar-refractivity contribution in [2.75, 3.05) is 42.9 Å². The van der Waals surface area contributed by atoms with Gasteiger partial charge in [0.2, 0.25) is 0 Å². The molecule has 0 bridgehead atoms. The minimum Gasteiger partial charge on any atom is -0.352 e. The number of fused-ring (bicyclic) bond motifs is 3. The number of hydrogen-bond acceptors (Lipinski definition) is 7. The van der Waals surface area contributed by atoms with Crippen molar-refractivity contribution in [2.45, 2.75) is 6.42 Å². The highest BCUT2D eigenvalue weighted by Gasteiger charge is 2.25. The maximum Gasteiger partial charge on any atom is 0.271 e. The van der Waals surface area contributed by atoms with E-state index in [0.29, 0.717) is 41.7 Å². The van der Waals surface area contributed by atoms with Crippen molar-refractivity contribution in [2.24, 2.45) is 7.05 Å². The molecule has 0 radical (unpaired) electrons. The Kier molecular flexibility index (Phi) is 7.21. The minimum absolute atomic E-state index is 0.113. The number of nitro benzene ring substituents is 1. The average molecular weight is 572 g/mol. The van der Waals surface area contributed by atoms with Crippen LogP contribution < -0.4 is 10.2 Å². The molecular formula is C30H27F2N7O3. The highest BCUT2D eigenvalue weighted by atomic mass is 19.2. The van der Waals surface area contributed by atoms with Gasteiger partial charge in [0, 0.05) is 63.0 Å². The van der Waals surface area contributed by atoms with E-state index >= 15 is 0 Å². The zero-order valence-corrected chi connectivity index (χ0v) is 22.8. The van der Waals surface area contributed by atoms with Gasteiger partial charge >= 0.3 is 0 Å². The Hall–Kier alpha value is -4.97. The first-order valence-corrected chi connectivity index (χ1v) is 13.5. The summed E-state index contributed by atoms with van der Waals surface area (Å²) in [6, 6.07) is 15.3. The molecule has 0 aliphatic carbocycles. The molecule has 1 fully saturated rings. The molecule has 214 valence electrons. The number of halogens is 2. The molecule has 12 heteroatoms. The molecule has 5 aromatic rings. The number of rotatable bonds is 7. The van der Waals surface area contributed by atoms with Gasteiger partial charge in [0.25, 0.3) is 11.6 Å². The third kappa shape index (κ3) is 5.12. The van der Waals surface area contributed by atoms with Crippen LogP contribution in [0.25, 0.3) is 21.9 Å². The Balaban J connectivity index is 1.24. The number of aryl methyl sites for hydroxylation is 1. The van der Waals surface area contributed by atoms with Crippen molar-refractivity contribution in [3.05, 3.63) is 99.9 Å².